The fraction of sp³-hybridized carbons (Fsp3) is 0.217. The largest absolute Gasteiger partial charge is 0.507 e. The van der Waals surface area contributed by atoms with Crippen LogP contribution in [0.3, 0.4) is 0 Å². The zero-order chi connectivity index (χ0) is 38.4. The molecule has 4 aromatic rings. The maximum atomic E-state index is 14.4. The van der Waals surface area contributed by atoms with E-state index in [1.54, 1.807) is 45.4 Å². The fourth-order valence-electron chi connectivity index (χ4n) is 8.46. The monoisotopic (exact) mass is 733 g/mol. The number of phenolic OH excluding ortho intramolecular Hbond substituents is 1. The second kappa shape index (κ2) is 14.4. The van der Waals surface area contributed by atoms with E-state index in [-0.39, 0.29) is 42.0 Å². The number of amides is 2. The molecule has 276 valence electrons. The van der Waals surface area contributed by atoms with Crippen LogP contribution in [0.1, 0.15) is 47.9 Å². The summed E-state index contributed by atoms with van der Waals surface area (Å²) >= 11 is 0. The second-order valence-corrected chi connectivity index (χ2v) is 14.3. The fourth-order valence-corrected chi connectivity index (χ4v) is 8.46. The van der Waals surface area contributed by atoms with Crippen LogP contribution in [0.25, 0.3) is 12.2 Å². The third-order valence-corrected chi connectivity index (χ3v) is 11.2. The molecule has 4 unspecified atom stereocenters. The van der Waals surface area contributed by atoms with Crippen molar-refractivity contribution >= 4 is 41.2 Å². The molecule has 1 aliphatic heterocycles. The Morgan fingerprint density at radius 3 is 2.31 bits per heavy atom. The molecule has 9 heteroatoms. The summed E-state index contributed by atoms with van der Waals surface area (Å²) in [6, 6.07) is 27.4. The maximum Gasteiger partial charge on any atom is 0.238 e. The highest BCUT2D eigenvalue weighted by Crippen LogP contribution is 2.56. The van der Waals surface area contributed by atoms with Crippen molar-refractivity contribution in [3.05, 3.63) is 148 Å². The standard InChI is InChI=1S/C46H39NO8/c1-26-21-38(48)37-24-36-33(41(43(37)44(26)50)34-17-15-32(23-39(34)49)55-25-28-7-5-4-6-8-28)18-19-35-42(36)46(52)47(45(35)51)30-13-10-27(11-14-30)9-12-29-22-31(53-2)16-20-40(29)54-3/h4-18,20-23,35-36,41-42,49H,19,24-25H2,1-3H3. The van der Waals surface area contributed by atoms with Crippen molar-refractivity contribution in [2.24, 2.45) is 17.8 Å². The number of ketones is 2. The van der Waals surface area contributed by atoms with Crippen molar-refractivity contribution in [1.29, 1.82) is 0 Å². The van der Waals surface area contributed by atoms with Crippen LogP contribution in [0, 0.1) is 17.8 Å². The van der Waals surface area contributed by atoms with Gasteiger partial charge < -0.3 is 19.3 Å². The zero-order valence-electron chi connectivity index (χ0n) is 30.7. The van der Waals surface area contributed by atoms with Crippen molar-refractivity contribution < 1.29 is 38.5 Å². The summed E-state index contributed by atoms with van der Waals surface area (Å²) in [5.41, 5.74) is 5.28. The number of fused-ring (bicyclic) bond motifs is 3. The first-order chi connectivity index (χ1) is 26.7. The van der Waals surface area contributed by atoms with Crippen LogP contribution in [0.2, 0.25) is 0 Å². The number of hydrogen-bond donors (Lipinski definition) is 1. The molecule has 0 aromatic heterocycles. The molecule has 1 saturated heterocycles. The smallest absolute Gasteiger partial charge is 0.238 e. The first kappa shape index (κ1) is 35.5. The average molecular weight is 734 g/mol. The van der Waals surface area contributed by atoms with E-state index in [2.05, 4.69) is 0 Å². The quantitative estimate of drug-likeness (QED) is 0.0802. The van der Waals surface area contributed by atoms with E-state index in [1.807, 2.05) is 78.9 Å². The van der Waals surface area contributed by atoms with Crippen molar-refractivity contribution in [3.8, 4) is 23.0 Å². The minimum Gasteiger partial charge on any atom is -0.507 e. The molecule has 0 bridgehead atoms. The molecule has 3 aliphatic carbocycles. The Hall–Kier alpha value is -6.48. The number of imide groups is 1. The summed E-state index contributed by atoms with van der Waals surface area (Å²) in [6.45, 7) is 1.92. The molecular formula is C46H39NO8. The summed E-state index contributed by atoms with van der Waals surface area (Å²) in [5.74, 6) is -2.11. The van der Waals surface area contributed by atoms with Crippen LogP contribution in [0.4, 0.5) is 5.69 Å². The van der Waals surface area contributed by atoms with Gasteiger partial charge in [0.25, 0.3) is 0 Å². The van der Waals surface area contributed by atoms with Crippen molar-refractivity contribution in [2.45, 2.75) is 32.3 Å². The van der Waals surface area contributed by atoms with Crippen molar-refractivity contribution in [1.82, 2.24) is 0 Å². The lowest BCUT2D eigenvalue weighted by atomic mass is 9.59. The third kappa shape index (κ3) is 6.35. The van der Waals surface area contributed by atoms with Gasteiger partial charge in [-0.25, -0.2) is 0 Å². The van der Waals surface area contributed by atoms with Crippen molar-refractivity contribution in [3.63, 3.8) is 0 Å². The molecule has 0 saturated carbocycles. The van der Waals surface area contributed by atoms with Crippen LogP contribution in [-0.2, 0) is 25.8 Å². The van der Waals surface area contributed by atoms with E-state index in [4.69, 9.17) is 14.2 Å². The normalized spacial score (nSPS) is 21.9. The predicted octanol–water partition coefficient (Wildman–Crippen LogP) is 7.79. The van der Waals surface area contributed by atoms with Crippen LogP contribution in [0.5, 0.6) is 23.0 Å². The van der Waals surface area contributed by atoms with Gasteiger partial charge in [0.15, 0.2) is 11.6 Å². The SMILES string of the molecule is COc1ccc(OC)c(C=Cc2ccc(N3C(=O)C4CC=C5C(c6ccc(OCc7ccccc7)cc6O)C6=C(CC5C4C3=O)C(=O)C=C(C)C6=O)cc2)c1. The van der Waals surface area contributed by atoms with Gasteiger partial charge in [0, 0.05) is 39.8 Å². The summed E-state index contributed by atoms with van der Waals surface area (Å²) in [5, 5.41) is 11.5. The van der Waals surface area contributed by atoms with Gasteiger partial charge >= 0.3 is 0 Å². The Morgan fingerprint density at radius 2 is 1.58 bits per heavy atom. The van der Waals surface area contributed by atoms with Crippen LogP contribution >= 0.6 is 0 Å². The Kier molecular flexibility index (Phi) is 9.30. The zero-order valence-corrected chi connectivity index (χ0v) is 30.7. The lowest BCUT2D eigenvalue weighted by Gasteiger charge is -2.42. The topological polar surface area (TPSA) is 119 Å². The Labute approximate surface area is 318 Å². The third-order valence-electron chi connectivity index (χ3n) is 11.2. The Morgan fingerprint density at radius 1 is 0.818 bits per heavy atom. The number of anilines is 1. The van der Waals surface area contributed by atoms with E-state index in [0.717, 1.165) is 22.3 Å². The number of benzene rings is 4. The van der Waals surface area contributed by atoms with E-state index < -0.39 is 23.7 Å². The minimum absolute atomic E-state index is 0.0898. The number of carbonyl (C=O) groups is 4. The van der Waals surface area contributed by atoms with Crippen molar-refractivity contribution in [2.75, 3.05) is 19.1 Å². The Bertz CT molecular complexity index is 2370. The number of phenols is 1. The molecule has 1 N–H and O–H groups in total. The number of hydrogen-bond acceptors (Lipinski definition) is 8. The summed E-state index contributed by atoms with van der Waals surface area (Å²) < 4.78 is 16.8. The van der Waals surface area contributed by atoms with E-state index in [0.29, 0.717) is 51.8 Å². The van der Waals surface area contributed by atoms with E-state index >= 15 is 0 Å². The summed E-state index contributed by atoms with van der Waals surface area (Å²) in [4.78, 5) is 57.2. The van der Waals surface area contributed by atoms with Gasteiger partial charge in [-0.15, -0.1) is 0 Å². The molecule has 4 atom stereocenters. The van der Waals surface area contributed by atoms with Gasteiger partial charge in [-0.2, -0.15) is 0 Å². The molecule has 8 rings (SSSR count). The highest BCUT2D eigenvalue weighted by molar-refractivity contribution is 6.25. The molecule has 55 heavy (non-hydrogen) atoms. The maximum absolute atomic E-state index is 14.4. The van der Waals surface area contributed by atoms with Gasteiger partial charge in [-0.05, 0) is 79.3 Å². The Balaban J connectivity index is 1.09. The number of aromatic hydroxyl groups is 1. The minimum atomic E-state index is -0.774. The lowest BCUT2D eigenvalue weighted by Crippen LogP contribution is -2.39. The molecule has 1 heterocycles. The van der Waals surface area contributed by atoms with Gasteiger partial charge in [-0.3, -0.25) is 24.1 Å². The van der Waals surface area contributed by atoms with Crippen LogP contribution in [-0.4, -0.2) is 42.7 Å². The molecular weight excluding hydrogens is 695 g/mol. The number of nitrogens with zero attached hydrogens (tertiary/aromatic N) is 1. The molecule has 0 spiro atoms. The first-order valence-electron chi connectivity index (χ1n) is 18.2. The summed E-state index contributed by atoms with van der Waals surface area (Å²) in [6.07, 6.45) is 7.55. The van der Waals surface area contributed by atoms with Gasteiger partial charge in [-0.1, -0.05) is 72.3 Å². The van der Waals surface area contributed by atoms with E-state index in [9.17, 15) is 24.3 Å². The van der Waals surface area contributed by atoms with E-state index in [1.165, 1.54) is 17.0 Å². The molecule has 1 fully saturated rings. The first-order valence-corrected chi connectivity index (χ1v) is 18.2. The van der Waals surface area contributed by atoms with Crippen LogP contribution < -0.4 is 19.1 Å². The molecule has 2 amide bonds. The molecule has 4 aliphatic rings. The number of carbonyl (C=O) groups excluding carboxylic acids is 4. The molecule has 4 aromatic carbocycles. The van der Waals surface area contributed by atoms with Gasteiger partial charge in [0.2, 0.25) is 11.8 Å². The number of rotatable bonds is 9. The second-order valence-electron chi connectivity index (χ2n) is 14.3. The predicted molar refractivity (Wildman–Crippen MR) is 208 cm³/mol. The van der Waals surface area contributed by atoms with Gasteiger partial charge in [0.1, 0.15) is 29.6 Å². The number of ether oxygens (including phenoxy) is 3. The average Bonchev–Trinajstić information content (AvgIpc) is 3.47. The lowest BCUT2D eigenvalue weighted by molar-refractivity contribution is -0.123. The van der Waals surface area contributed by atoms with Gasteiger partial charge in [0.05, 0.1) is 31.7 Å². The highest BCUT2D eigenvalue weighted by Gasteiger charge is 2.56. The number of allylic oxidation sites excluding steroid dienone is 6. The summed E-state index contributed by atoms with van der Waals surface area (Å²) in [7, 11) is 3.21. The number of Topliss-reactive ketones (excluding diaryl/α,β-unsaturated/α-hetero) is 1. The molecule has 9 nitrogen and oxygen atoms in total. The highest BCUT2D eigenvalue weighted by atomic mass is 16.5. The van der Waals surface area contributed by atoms with Crippen LogP contribution in [0.15, 0.2) is 125 Å². The number of methoxy groups -OCH3 is 2. The molecule has 0 radical (unpaired) electrons.